The molecular formula is C13H18N2O. The van der Waals surface area contributed by atoms with Gasteiger partial charge in [-0.15, -0.1) is 0 Å². The summed E-state index contributed by atoms with van der Waals surface area (Å²) in [6.07, 6.45) is 2.10. The summed E-state index contributed by atoms with van der Waals surface area (Å²) in [5, 5.41) is 0. The summed E-state index contributed by atoms with van der Waals surface area (Å²) in [7, 11) is 0. The second kappa shape index (κ2) is 4.66. The van der Waals surface area contributed by atoms with Gasteiger partial charge in [0.2, 0.25) is 0 Å². The first-order valence-electron chi connectivity index (χ1n) is 5.80. The number of rotatable bonds is 2. The van der Waals surface area contributed by atoms with Crippen LogP contribution in [-0.4, -0.2) is 29.9 Å². The minimum absolute atomic E-state index is 0.118. The number of carbonyl (C=O) groups is 1. The molecule has 1 aromatic rings. The quantitative estimate of drug-likeness (QED) is 0.818. The Morgan fingerprint density at radius 3 is 2.75 bits per heavy atom. The number of hydrogen-bond acceptors (Lipinski definition) is 2. The third-order valence-corrected chi connectivity index (χ3v) is 3.21. The summed E-state index contributed by atoms with van der Waals surface area (Å²) in [5.74, 6) is 0.118. The van der Waals surface area contributed by atoms with Crippen molar-refractivity contribution < 1.29 is 4.79 Å². The van der Waals surface area contributed by atoms with E-state index in [-0.39, 0.29) is 11.9 Å². The van der Waals surface area contributed by atoms with Gasteiger partial charge in [-0.05, 0) is 31.9 Å². The molecule has 0 unspecified atom stereocenters. The molecule has 1 aliphatic rings. The largest absolute Gasteiger partial charge is 0.334 e. The summed E-state index contributed by atoms with van der Waals surface area (Å²) in [5.41, 5.74) is 7.61. The first-order valence-corrected chi connectivity index (χ1v) is 5.80. The molecule has 86 valence electrons. The topological polar surface area (TPSA) is 46.3 Å². The maximum Gasteiger partial charge on any atom is 0.254 e. The molecule has 0 radical (unpaired) electrons. The van der Waals surface area contributed by atoms with Crippen molar-refractivity contribution in [2.24, 2.45) is 5.73 Å². The Labute approximate surface area is 96.2 Å². The van der Waals surface area contributed by atoms with Crippen molar-refractivity contribution in [3.63, 3.8) is 0 Å². The van der Waals surface area contributed by atoms with Crippen molar-refractivity contribution in [3.05, 3.63) is 35.4 Å². The van der Waals surface area contributed by atoms with E-state index in [0.29, 0.717) is 6.54 Å². The number of carbonyl (C=O) groups excluding carboxylic acids is 1. The second-order valence-electron chi connectivity index (χ2n) is 4.40. The zero-order valence-corrected chi connectivity index (χ0v) is 9.65. The fraction of sp³-hybridized carbons (Fsp3) is 0.462. The van der Waals surface area contributed by atoms with Gasteiger partial charge in [0.1, 0.15) is 0 Å². The summed E-state index contributed by atoms with van der Waals surface area (Å²) < 4.78 is 0. The van der Waals surface area contributed by atoms with E-state index in [4.69, 9.17) is 5.73 Å². The van der Waals surface area contributed by atoms with Gasteiger partial charge in [0.15, 0.2) is 0 Å². The maximum atomic E-state index is 12.2. The third kappa shape index (κ3) is 2.09. The van der Waals surface area contributed by atoms with Gasteiger partial charge < -0.3 is 10.6 Å². The molecule has 1 heterocycles. The number of likely N-dealkylation sites (tertiary alicyclic amines) is 1. The number of nitrogens with two attached hydrogens (primary N) is 1. The van der Waals surface area contributed by atoms with Gasteiger partial charge in [0.05, 0.1) is 0 Å². The lowest BCUT2D eigenvalue weighted by Crippen LogP contribution is -2.39. The minimum atomic E-state index is 0.118. The highest BCUT2D eigenvalue weighted by molar-refractivity contribution is 5.94. The molecule has 1 atom stereocenters. The van der Waals surface area contributed by atoms with E-state index in [2.05, 4.69) is 0 Å². The van der Waals surface area contributed by atoms with E-state index >= 15 is 0 Å². The van der Waals surface area contributed by atoms with Gasteiger partial charge in [-0.3, -0.25) is 4.79 Å². The standard InChI is InChI=1S/C13H18N2O/c1-10-4-6-11(7-5-10)13(16)15-8-2-3-12(15)9-14/h4-7,12H,2-3,8-9,14H2,1H3/t12-/m0/s1. The van der Waals surface area contributed by atoms with Gasteiger partial charge in [-0.1, -0.05) is 17.7 Å². The molecule has 2 rings (SSSR count). The predicted molar refractivity (Wildman–Crippen MR) is 64.3 cm³/mol. The lowest BCUT2D eigenvalue weighted by atomic mass is 10.1. The molecule has 0 aromatic heterocycles. The molecule has 16 heavy (non-hydrogen) atoms. The van der Waals surface area contributed by atoms with E-state index in [1.807, 2.05) is 36.1 Å². The van der Waals surface area contributed by atoms with E-state index in [0.717, 1.165) is 24.9 Å². The molecule has 1 amide bonds. The third-order valence-electron chi connectivity index (χ3n) is 3.21. The van der Waals surface area contributed by atoms with E-state index in [1.165, 1.54) is 5.56 Å². The lowest BCUT2D eigenvalue weighted by molar-refractivity contribution is 0.0741. The van der Waals surface area contributed by atoms with Crippen molar-refractivity contribution >= 4 is 5.91 Å². The van der Waals surface area contributed by atoms with E-state index in [9.17, 15) is 4.79 Å². The smallest absolute Gasteiger partial charge is 0.254 e. The van der Waals surface area contributed by atoms with Crippen LogP contribution in [0.4, 0.5) is 0 Å². The number of nitrogens with zero attached hydrogens (tertiary/aromatic N) is 1. The van der Waals surface area contributed by atoms with Gasteiger partial charge in [-0.2, -0.15) is 0 Å². The average molecular weight is 218 g/mol. The molecule has 2 N–H and O–H groups in total. The molecule has 1 fully saturated rings. The van der Waals surface area contributed by atoms with Gasteiger partial charge in [0.25, 0.3) is 5.91 Å². The van der Waals surface area contributed by atoms with Crippen LogP contribution in [0.5, 0.6) is 0 Å². The molecule has 0 saturated carbocycles. The van der Waals surface area contributed by atoms with Crippen LogP contribution in [0.2, 0.25) is 0 Å². The summed E-state index contributed by atoms with van der Waals surface area (Å²) in [6, 6.07) is 7.96. The molecule has 1 aromatic carbocycles. The van der Waals surface area contributed by atoms with Crippen LogP contribution in [0.3, 0.4) is 0 Å². The van der Waals surface area contributed by atoms with Crippen molar-refractivity contribution in [2.75, 3.05) is 13.1 Å². The Hall–Kier alpha value is -1.35. The Kier molecular flexibility index (Phi) is 3.25. The van der Waals surface area contributed by atoms with Crippen molar-refractivity contribution in [2.45, 2.75) is 25.8 Å². The number of amides is 1. The maximum absolute atomic E-state index is 12.2. The lowest BCUT2D eigenvalue weighted by Gasteiger charge is -2.23. The number of benzene rings is 1. The molecule has 0 bridgehead atoms. The molecule has 0 aliphatic carbocycles. The van der Waals surface area contributed by atoms with Crippen molar-refractivity contribution in [1.82, 2.24) is 4.90 Å². The van der Waals surface area contributed by atoms with Crippen molar-refractivity contribution in [1.29, 1.82) is 0 Å². The molecule has 0 spiro atoms. The fourth-order valence-electron chi connectivity index (χ4n) is 2.21. The van der Waals surface area contributed by atoms with E-state index in [1.54, 1.807) is 0 Å². The Bertz CT molecular complexity index is 372. The zero-order chi connectivity index (χ0) is 11.5. The fourth-order valence-corrected chi connectivity index (χ4v) is 2.21. The van der Waals surface area contributed by atoms with Crippen LogP contribution in [0.1, 0.15) is 28.8 Å². The molecule has 1 aliphatic heterocycles. The normalized spacial score (nSPS) is 20.1. The van der Waals surface area contributed by atoms with Crippen LogP contribution in [0.25, 0.3) is 0 Å². The van der Waals surface area contributed by atoms with Crippen LogP contribution < -0.4 is 5.73 Å². The first-order chi connectivity index (χ1) is 7.72. The van der Waals surface area contributed by atoms with Crippen LogP contribution in [-0.2, 0) is 0 Å². The second-order valence-corrected chi connectivity index (χ2v) is 4.40. The van der Waals surface area contributed by atoms with Crippen molar-refractivity contribution in [3.8, 4) is 0 Å². The molecule has 3 heteroatoms. The SMILES string of the molecule is Cc1ccc(C(=O)N2CCC[C@H]2CN)cc1. The molecular weight excluding hydrogens is 200 g/mol. The minimum Gasteiger partial charge on any atom is -0.334 e. The highest BCUT2D eigenvalue weighted by Crippen LogP contribution is 2.19. The predicted octanol–water partition coefficient (Wildman–Crippen LogP) is 1.56. The summed E-state index contributed by atoms with van der Waals surface area (Å²) in [6.45, 7) is 3.43. The van der Waals surface area contributed by atoms with Gasteiger partial charge in [-0.25, -0.2) is 0 Å². The Morgan fingerprint density at radius 2 is 2.12 bits per heavy atom. The number of hydrogen-bond donors (Lipinski definition) is 1. The highest BCUT2D eigenvalue weighted by atomic mass is 16.2. The first kappa shape index (κ1) is 11.1. The monoisotopic (exact) mass is 218 g/mol. The summed E-state index contributed by atoms with van der Waals surface area (Å²) in [4.78, 5) is 14.1. The number of aryl methyl sites for hydroxylation is 1. The Morgan fingerprint density at radius 1 is 1.44 bits per heavy atom. The van der Waals surface area contributed by atoms with Crippen LogP contribution in [0, 0.1) is 6.92 Å². The Balaban J connectivity index is 2.15. The zero-order valence-electron chi connectivity index (χ0n) is 9.65. The van der Waals surface area contributed by atoms with Gasteiger partial charge in [0, 0.05) is 24.7 Å². The van der Waals surface area contributed by atoms with Crippen LogP contribution >= 0.6 is 0 Å². The molecule has 1 saturated heterocycles. The highest BCUT2D eigenvalue weighted by Gasteiger charge is 2.27. The summed E-state index contributed by atoms with van der Waals surface area (Å²) >= 11 is 0. The van der Waals surface area contributed by atoms with Gasteiger partial charge >= 0.3 is 0 Å². The van der Waals surface area contributed by atoms with Crippen LogP contribution in [0.15, 0.2) is 24.3 Å². The average Bonchev–Trinajstić information content (AvgIpc) is 2.77. The van der Waals surface area contributed by atoms with E-state index < -0.39 is 0 Å². The molecule has 3 nitrogen and oxygen atoms in total.